The summed E-state index contributed by atoms with van der Waals surface area (Å²) >= 11 is 0. The van der Waals surface area contributed by atoms with Crippen LogP contribution in [-0.4, -0.2) is 30.1 Å². The number of hydrogen-bond donors (Lipinski definition) is 1. The maximum Gasteiger partial charge on any atom is 0.313 e. The number of cyclic esters (lactones) is 1. The Balaban J connectivity index is 2.33. The molecule has 0 aromatic carbocycles. The number of carbonyl (C=O) groups is 2. The van der Waals surface area contributed by atoms with Gasteiger partial charge in [-0.3, -0.25) is 9.59 Å². The van der Waals surface area contributed by atoms with Crippen LogP contribution in [0.4, 0.5) is 0 Å². The molecule has 0 spiro atoms. The minimum atomic E-state index is -0.651. The molecule has 4 heteroatoms. The number of allylic oxidation sites excluding steroid dienone is 4. The lowest BCUT2D eigenvalue weighted by Gasteiger charge is -2.39. The fourth-order valence-electron chi connectivity index (χ4n) is 3.77. The predicted molar refractivity (Wildman–Crippen MR) is 93.2 cm³/mol. The van der Waals surface area contributed by atoms with E-state index >= 15 is 0 Å². The van der Waals surface area contributed by atoms with Gasteiger partial charge in [-0.25, -0.2) is 0 Å². The van der Waals surface area contributed by atoms with E-state index in [9.17, 15) is 14.7 Å². The van der Waals surface area contributed by atoms with Gasteiger partial charge in [-0.05, 0) is 52.4 Å². The number of carbonyl (C=O) groups excluding carboxylic acids is 2. The Kier molecular flexibility index (Phi) is 6.55. The summed E-state index contributed by atoms with van der Waals surface area (Å²) in [6.45, 7) is 6.42. The van der Waals surface area contributed by atoms with Crippen molar-refractivity contribution in [3.8, 4) is 0 Å². The van der Waals surface area contributed by atoms with Gasteiger partial charge in [-0.2, -0.15) is 0 Å². The van der Waals surface area contributed by atoms with Gasteiger partial charge in [0, 0.05) is 11.5 Å². The number of aldehydes is 1. The molecular weight excluding hydrogens is 304 g/mol. The molecule has 1 heterocycles. The molecule has 1 aliphatic carbocycles. The molecule has 0 saturated carbocycles. The van der Waals surface area contributed by atoms with E-state index in [0.29, 0.717) is 25.0 Å². The normalized spacial score (nSPS) is 34.9. The predicted octanol–water partition coefficient (Wildman–Crippen LogP) is 3.36. The molecule has 132 valence electrons. The van der Waals surface area contributed by atoms with Gasteiger partial charge in [0.1, 0.15) is 6.29 Å². The van der Waals surface area contributed by atoms with E-state index in [1.807, 2.05) is 13.0 Å². The highest BCUT2D eigenvalue weighted by Crippen LogP contribution is 2.39. The second-order valence-electron chi connectivity index (χ2n) is 7.18. The highest BCUT2D eigenvalue weighted by atomic mass is 16.5. The highest BCUT2D eigenvalue weighted by molar-refractivity contribution is 5.88. The van der Waals surface area contributed by atoms with Gasteiger partial charge in [-0.1, -0.05) is 29.4 Å². The summed E-state index contributed by atoms with van der Waals surface area (Å²) in [6.07, 6.45) is 8.93. The van der Waals surface area contributed by atoms with Crippen molar-refractivity contribution in [2.45, 2.75) is 52.6 Å². The maximum absolute atomic E-state index is 12.4. The van der Waals surface area contributed by atoms with Crippen LogP contribution in [-0.2, 0) is 14.3 Å². The zero-order valence-electron chi connectivity index (χ0n) is 14.8. The molecule has 0 unspecified atom stereocenters. The standard InChI is InChI=1S/C20H28O4/c1-13(2)6-4-9-16-12-24-20(23)19-15(11-21)8-5-7-14(3)10-17(22)18(16)19/h6-8,11,16-19,22H,4-5,9-10,12H2,1-3H3/b14-7+,15-8-/t16-,17+,18+,19+/m1/s1. The molecule has 2 aliphatic rings. The van der Waals surface area contributed by atoms with Crippen molar-refractivity contribution in [3.63, 3.8) is 0 Å². The Morgan fingerprint density at radius 2 is 2.12 bits per heavy atom. The molecule has 1 aliphatic heterocycles. The third kappa shape index (κ3) is 4.44. The molecule has 4 nitrogen and oxygen atoms in total. The average Bonchev–Trinajstić information content (AvgIpc) is 2.58. The van der Waals surface area contributed by atoms with Gasteiger partial charge < -0.3 is 9.84 Å². The van der Waals surface area contributed by atoms with Gasteiger partial charge in [0.05, 0.1) is 18.6 Å². The molecule has 2 rings (SSSR count). The maximum atomic E-state index is 12.4. The van der Waals surface area contributed by atoms with Crippen LogP contribution in [0.3, 0.4) is 0 Å². The molecule has 1 saturated heterocycles. The Labute approximate surface area is 144 Å². The Hall–Kier alpha value is -1.68. The van der Waals surface area contributed by atoms with E-state index in [0.717, 1.165) is 24.7 Å². The molecule has 0 aromatic rings. The topological polar surface area (TPSA) is 63.6 Å². The zero-order valence-corrected chi connectivity index (χ0v) is 14.8. The van der Waals surface area contributed by atoms with E-state index < -0.39 is 12.0 Å². The number of fused-ring (bicyclic) bond motifs is 1. The molecular formula is C20H28O4. The fraction of sp³-hybridized carbons (Fsp3) is 0.600. The summed E-state index contributed by atoms with van der Waals surface area (Å²) in [5.74, 6) is -1.24. The van der Waals surface area contributed by atoms with Gasteiger partial charge >= 0.3 is 5.97 Å². The van der Waals surface area contributed by atoms with Crippen LogP contribution in [0.5, 0.6) is 0 Å². The number of aliphatic hydroxyl groups excluding tert-OH is 1. The number of rotatable bonds is 4. The Morgan fingerprint density at radius 3 is 2.79 bits per heavy atom. The Morgan fingerprint density at radius 1 is 1.38 bits per heavy atom. The molecule has 0 radical (unpaired) electrons. The first-order valence-corrected chi connectivity index (χ1v) is 8.73. The minimum absolute atomic E-state index is 0.0625. The molecule has 0 aromatic heterocycles. The van der Waals surface area contributed by atoms with E-state index in [2.05, 4.69) is 19.9 Å². The van der Waals surface area contributed by atoms with Crippen molar-refractivity contribution in [2.24, 2.45) is 17.8 Å². The molecule has 24 heavy (non-hydrogen) atoms. The third-order valence-electron chi connectivity index (χ3n) is 5.00. The summed E-state index contributed by atoms with van der Waals surface area (Å²) in [4.78, 5) is 23.9. The van der Waals surface area contributed by atoms with Crippen LogP contribution in [0.25, 0.3) is 0 Å². The minimum Gasteiger partial charge on any atom is -0.465 e. The molecule has 0 bridgehead atoms. The van der Waals surface area contributed by atoms with Gasteiger partial charge in [0.25, 0.3) is 0 Å². The van der Waals surface area contributed by atoms with Crippen molar-refractivity contribution in [1.82, 2.24) is 0 Å². The van der Waals surface area contributed by atoms with Gasteiger partial charge in [-0.15, -0.1) is 0 Å². The lowest BCUT2D eigenvalue weighted by molar-refractivity contribution is -0.164. The van der Waals surface area contributed by atoms with E-state index in [-0.39, 0.29) is 17.8 Å². The van der Waals surface area contributed by atoms with Crippen molar-refractivity contribution in [1.29, 1.82) is 0 Å². The lowest BCUT2D eigenvalue weighted by Crippen LogP contribution is -2.46. The summed E-state index contributed by atoms with van der Waals surface area (Å²) in [6, 6.07) is 0. The average molecular weight is 332 g/mol. The summed E-state index contributed by atoms with van der Waals surface area (Å²) < 4.78 is 5.37. The van der Waals surface area contributed by atoms with Gasteiger partial charge in [0.2, 0.25) is 0 Å². The SMILES string of the molecule is CC(C)=CCC[C@@H]1COC(=O)[C@H]2/C(C=O)=C\C/C=C(\C)C[C@H](O)[C@H]12. The second-order valence-corrected chi connectivity index (χ2v) is 7.18. The van der Waals surface area contributed by atoms with Crippen LogP contribution in [0.2, 0.25) is 0 Å². The van der Waals surface area contributed by atoms with E-state index in [1.165, 1.54) is 5.57 Å². The molecule has 4 atom stereocenters. The Bertz CT molecular complexity index is 566. The zero-order chi connectivity index (χ0) is 17.7. The van der Waals surface area contributed by atoms with Crippen LogP contribution < -0.4 is 0 Å². The largest absolute Gasteiger partial charge is 0.465 e. The van der Waals surface area contributed by atoms with Gasteiger partial charge in [0.15, 0.2) is 0 Å². The van der Waals surface area contributed by atoms with E-state index in [4.69, 9.17) is 4.74 Å². The first kappa shape index (κ1) is 18.7. The first-order valence-electron chi connectivity index (χ1n) is 8.73. The van der Waals surface area contributed by atoms with Crippen molar-refractivity contribution in [2.75, 3.05) is 6.61 Å². The quantitative estimate of drug-likeness (QED) is 0.487. The number of ether oxygens (including phenoxy) is 1. The summed E-state index contributed by atoms with van der Waals surface area (Å²) in [5.41, 5.74) is 2.79. The monoisotopic (exact) mass is 332 g/mol. The highest BCUT2D eigenvalue weighted by Gasteiger charge is 2.45. The van der Waals surface area contributed by atoms with E-state index in [1.54, 1.807) is 6.08 Å². The van der Waals surface area contributed by atoms with Crippen LogP contribution >= 0.6 is 0 Å². The second kappa shape index (κ2) is 8.43. The lowest BCUT2D eigenvalue weighted by atomic mass is 9.70. The molecule has 0 amide bonds. The number of aliphatic hydroxyl groups is 1. The third-order valence-corrected chi connectivity index (χ3v) is 5.00. The van der Waals surface area contributed by atoms with Crippen LogP contribution in [0.1, 0.15) is 46.5 Å². The number of esters is 1. The molecule has 1 fully saturated rings. The van der Waals surface area contributed by atoms with Crippen molar-refractivity contribution < 1.29 is 19.4 Å². The fourth-order valence-corrected chi connectivity index (χ4v) is 3.77. The van der Waals surface area contributed by atoms with Crippen LogP contribution in [0.15, 0.2) is 34.9 Å². The number of hydrogen-bond acceptors (Lipinski definition) is 4. The first-order chi connectivity index (χ1) is 11.4. The summed E-state index contributed by atoms with van der Waals surface area (Å²) in [5, 5.41) is 10.8. The van der Waals surface area contributed by atoms with Crippen LogP contribution in [0, 0.1) is 17.8 Å². The van der Waals surface area contributed by atoms with Crippen molar-refractivity contribution >= 4 is 12.3 Å². The van der Waals surface area contributed by atoms with Crippen molar-refractivity contribution in [3.05, 3.63) is 34.9 Å². The summed E-state index contributed by atoms with van der Waals surface area (Å²) in [7, 11) is 0. The molecule has 1 N–H and O–H groups in total. The smallest absolute Gasteiger partial charge is 0.313 e.